The average molecular weight is 306 g/mol. The van der Waals surface area contributed by atoms with Gasteiger partial charge in [0.1, 0.15) is 0 Å². The summed E-state index contributed by atoms with van der Waals surface area (Å²) in [6.07, 6.45) is 2.47. The summed E-state index contributed by atoms with van der Waals surface area (Å²) >= 11 is 0. The number of hydrogen-bond donors (Lipinski definition) is 0. The summed E-state index contributed by atoms with van der Waals surface area (Å²) in [4.78, 5) is 5.28. The molecular formula is C21H26N2. The van der Waals surface area contributed by atoms with Crippen molar-refractivity contribution in [2.45, 2.75) is 32.7 Å². The van der Waals surface area contributed by atoms with E-state index in [1.54, 1.807) is 11.1 Å². The Kier molecular flexibility index (Phi) is 3.86. The minimum Gasteiger partial charge on any atom is -0.369 e. The number of fused-ring (bicyclic) bond motifs is 1. The Bertz CT molecular complexity index is 674. The van der Waals surface area contributed by atoms with E-state index in [0.29, 0.717) is 6.04 Å². The minimum absolute atomic E-state index is 0.716. The highest BCUT2D eigenvalue weighted by molar-refractivity contribution is 5.55. The van der Waals surface area contributed by atoms with Gasteiger partial charge in [-0.2, -0.15) is 0 Å². The summed E-state index contributed by atoms with van der Waals surface area (Å²) < 4.78 is 0. The molecule has 120 valence electrons. The van der Waals surface area contributed by atoms with E-state index in [0.717, 1.165) is 13.1 Å². The quantitative estimate of drug-likeness (QED) is 0.836. The lowest BCUT2D eigenvalue weighted by molar-refractivity contribution is 0.190. The third-order valence-electron chi connectivity index (χ3n) is 5.57. The number of anilines is 1. The Balaban J connectivity index is 1.41. The van der Waals surface area contributed by atoms with E-state index in [1.165, 1.54) is 42.7 Å². The van der Waals surface area contributed by atoms with Crippen molar-refractivity contribution in [3.05, 3.63) is 64.7 Å². The summed E-state index contributed by atoms with van der Waals surface area (Å²) in [5.41, 5.74) is 7.32. The third-order valence-corrected chi connectivity index (χ3v) is 5.57. The molecule has 4 rings (SSSR count). The van der Waals surface area contributed by atoms with Crippen LogP contribution in [0.3, 0.4) is 0 Å². The first-order valence-electron chi connectivity index (χ1n) is 8.84. The highest BCUT2D eigenvalue weighted by Gasteiger charge is 2.29. The van der Waals surface area contributed by atoms with E-state index >= 15 is 0 Å². The van der Waals surface area contributed by atoms with Crippen LogP contribution in [0, 0.1) is 13.8 Å². The summed E-state index contributed by atoms with van der Waals surface area (Å²) in [5.74, 6) is 0. The second-order valence-corrected chi connectivity index (χ2v) is 7.14. The van der Waals surface area contributed by atoms with Crippen molar-refractivity contribution in [1.29, 1.82) is 0 Å². The highest BCUT2D eigenvalue weighted by Crippen LogP contribution is 2.28. The molecule has 0 aromatic heterocycles. The topological polar surface area (TPSA) is 6.48 Å². The van der Waals surface area contributed by atoms with Gasteiger partial charge in [0.15, 0.2) is 0 Å². The van der Waals surface area contributed by atoms with E-state index < -0.39 is 0 Å². The first kappa shape index (κ1) is 14.8. The van der Waals surface area contributed by atoms with Gasteiger partial charge < -0.3 is 4.90 Å². The van der Waals surface area contributed by atoms with Gasteiger partial charge in [-0.3, -0.25) is 4.90 Å². The van der Waals surface area contributed by atoms with E-state index in [4.69, 9.17) is 0 Å². The van der Waals surface area contributed by atoms with E-state index in [1.807, 2.05) is 0 Å². The fourth-order valence-corrected chi connectivity index (χ4v) is 4.18. The van der Waals surface area contributed by atoms with Crippen LogP contribution in [0.25, 0.3) is 0 Å². The maximum absolute atomic E-state index is 2.71. The zero-order valence-corrected chi connectivity index (χ0v) is 14.3. The molecule has 0 amide bonds. The summed E-state index contributed by atoms with van der Waals surface area (Å²) in [6.45, 7) is 9.09. The Morgan fingerprint density at radius 1 is 0.826 bits per heavy atom. The molecule has 0 bridgehead atoms. The van der Waals surface area contributed by atoms with Gasteiger partial charge in [0, 0.05) is 37.9 Å². The molecule has 0 radical (unpaired) electrons. The fourth-order valence-electron chi connectivity index (χ4n) is 4.18. The van der Waals surface area contributed by atoms with Crippen molar-refractivity contribution in [2.24, 2.45) is 0 Å². The monoisotopic (exact) mass is 306 g/mol. The number of benzene rings is 2. The van der Waals surface area contributed by atoms with Gasteiger partial charge in [-0.15, -0.1) is 0 Å². The van der Waals surface area contributed by atoms with Crippen LogP contribution in [0.4, 0.5) is 5.69 Å². The molecule has 0 unspecified atom stereocenters. The molecule has 0 N–H and O–H groups in total. The van der Waals surface area contributed by atoms with E-state index in [9.17, 15) is 0 Å². The second-order valence-electron chi connectivity index (χ2n) is 7.14. The summed E-state index contributed by atoms with van der Waals surface area (Å²) in [5, 5.41) is 0. The lowest BCUT2D eigenvalue weighted by Gasteiger charge is -2.39. The van der Waals surface area contributed by atoms with Gasteiger partial charge in [0.05, 0.1) is 0 Å². The minimum atomic E-state index is 0.716. The predicted molar refractivity (Wildman–Crippen MR) is 97.3 cm³/mol. The van der Waals surface area contributed by atoms with Crippen LogP contribution in [-0.4, -0.2) is 37.1 Å². The number of rotatable bonds is 2. The number of aryl methyl sites for hydroxylation is 2. The number of nitrogens with zero attached hydrogens (tertiary/aromatic N) is 2. The maximum Gasteiger partial charge on any atom is 0.0399 e. The standard InChI is InChI=1S/C21H26N2/c1-16-7-8-17(2)21(13-16)23-11-9-22(10-12-23)20-14-18-5-3-4-6-19(18)15-20/h3-8,13,20H,9-12,14-15H2,1-2H3. The molecule has 0 spiro atoms. The maximum atomic E-state index is 2.71. The van der Waals surface area contributed by atoms with Crippen LogP contribution in [-0.2, 0) is 12.8 Å². The molecule has 23 heavy (non-hydrogen) atoms. The molecule has 2 aliphatic rings. The second kappa shape index (κ2) is 6.01. The van der Waals surface area contributed by atoms with Crippen LogP contribution >= 0.6 is 0 Å². The van der Waals surface area contributed by atoms with Gasteiger partial charge in [-0.05, 0) is 55.0 Å². The van der Waals surface area contributed by atoms with Gasteiger partial charge in [-0.1, -0.05) is 36.4 Å². The molecule has 0 atom stereocenters. The van der Waals surface area contributed by atoms with Gasteiger partial charge in [0.2, 0.25) is 0 Å². The molecule has 2 aromatic rings. The smallest absolute Gasteiger partial charge is 0.0399 e. The van der Waals surface area contributed by atoms with Crippen molar-refractivity contribution in [1.82, 2.24) is 4.90 Å². The summed E-state index contributed by atoms with van der Waals surface area (Å²) in [6, 6.07) is 16.5. The lowest BCUT2D eigenvalue weighted by Crippen LogP contribution is -2.50. The van der Waals surface area contributed by atoms with Crippen molar-refractivity contribution in [2.75, 3.05) is 31.1 Å². The van der Waals surface area contributed by atoms with Gasteiger partial charge in [0.25, 0.3) is 0 Å². The zero-order chi connectivity index (χ0) is 15.8. The van der Waals surface area contributed by atoms with Crippen molar-refractivity contribution in [3.63, 3.8) is 0 Å². The predicted octanol–water partition coefficient (Wildman–Crippen LogP) is 3.59. The molecule has 2 aromatic carbocycles. The van der Waals surface area contributed by atoms with Crippen LogP contribution in [0.1, 0.15) is 22.3 Å². The SMILES string of the molecule is Cc1ccc(C)c(N2CCN(C3Cc4ccccc4C3)CC2)c1. The number of hydrogen-bond acceptors (Lipinski definition) is 2. The fraction of sp³-hybridized carbons (Fsp3) is 0.429. The lowest BCUT2D eigenvalue weighted by atomic mass is 10.1. The van der Waals surface area contributed by atoms with Crippen LogP contribution in [0.5, 0.6) is 0 Å². The molecule has 1 fully saturated rings. The number of piperazine rings is 1. The zero-order valence-electron chi connectivity index (χ0n) is 14.3. The summed E-state index contributed by atoms with van der Waals surface area (Å²) in [7, 11) is 0. The first-order valence-corrected chi connectivity index (χ1v) is 8.84. The first-order chi connectivity index (χ1) is 11.2. The molecule has 0 saturated carbocycles. The molecule has 1 aliphatic carbocycles. The molecule has 1 heterocycles. The van der Waals surface area contributed by atoms with Crippen LogP contribution in [0.2, 0.25) is 0 Å². The van der Waals surface area contributed by atoms with Crippen molar-refractivity contribution in [3.8, 4) is 0 Å². The van der Waals surface area contributed by atoms with Gasteiger partial charge in [-0.25, -0.2) is 0 Å². The Morgan fingerprint density at radius 3 is 2.13 bits per heavy atom. The Hall–Kier alpha value is -1.80. The van der Waals surface area contributed by atoms with Gasteiger partial charge >= 0.3 is 0 Å². The van der Waals surface area contributed by atoms with Crippen molar-refractivity contribution >= 4 is 5.69 Å². The van der Waals surface area contributed by atoms with Crippen LogP contribution in [0.15, 0.2) is 42.5 Å². The van der Waals surface area contributed by atoms with Crippen molar-refractivity contribution < 1.29 is 0 Å². The Labute approximate surface area is 139 Å². The molecule has 1 aliphatic heterocycles. The largest absolute Gasteiger partial charge is 0.369 e. The average Bonchev–Trinajstić information content (AvgIpc) is 3.01. The molecule has 2 heteroatoms. The van der Waals surface area contributed by atoms with E-state index in [-0.39, 0.29) is 0 Å². The van der Waals surface area contributed by atoms with Crippen LogP contribution < -0.4 is 4.90 Å². The molecule has 1 saturated heterocycles. The normalized spacial score (nSPS) is 19.1. The molecular weight excluding hydrogens is 280 g/mol. The molecule has 2 nitrogen and oxygen atoms in total. The van der Waals surface area contributed by atoms with E-state index in [2.05, 4.69) is 66.1 Å². The highest BCUT2D eigenvalue weighted by atomic mass is 15.3. The Morgan fingerprint density at radius 2 is 1.48 bits per heavy atom. The third kappa shape index (κ3) is 2.88.